The summed E-state index contributed by atoms with van der Waals surface area (Å²) < 4.78 is 11.8. The molecule has 1 spiro atoms. The van der Waals surface area contributed by atoms with E-state index in [-0.39, 0.29) is 34.4 Å². The Morgan fingerprint density at radius 2 is 2.06 bits per heavy atom. The summed E-state index contributed by atoms with van der Waals surface area (Å²) in [5.74, 6) is 0.569. The molecule has 2 saturated heterocycles. The van der Waals surface area contributed by atoms with Gasteiger partial charge in [0.05, 0.1) is 12.2 Å². The fourth-order valence-electron chi connectivity index (χ4n) is 5.59. The van der Waals surface area contributed by atoms with E-state index in [4.69, 9.17) is 9.47 Å². The third kappa shape index (κ3) is 0.696. The summed E-state index contributed by atoms with van der Waals surface area (Å²) in [6.07, 6.45) is 2.66. The van der Waals surface area contributed by atoms with Crippen molar-refractivity contribution in [3.63, 3.8) is 0 Å². The molecule has 0 aromatic carbocycles. The first kappa shape index (κ1) is 10.0. The Morgan fingerprint density at radius 1 is 1.28 bits per heavy atom. The Bertz CT molecular complexity index is 546. The predicted octanol–water partition coefficient (Wildman–Crippen LogP) is 2.06. The molecule has 3 nitrogen and oxygen atoms in total. The fraction of sp³-hybridized carbons (Fsp3) is 0.800. The highest BCUT2D eigenvalue weighted by Crippen LogP contribution is 2.81. The summed E-state index contributed by atoms with van der Waals surface area (Å²) in [4.78, 5) is 12.2. The van der Waals surface area contributed by atoms with Crippen molar-refractivity contribution in [3.8, 4) is 0 Å². The monoisotopic (exact) mass is 246 g/mol. The van der Waals surface area contributed by atoms with Crippen LogP contribution >= 0.6 is 0 Å². The largest absolute Gasteiger partial charge is 0.460 e. The topological polar surface area (TPSA) is 35.5 Å². The van der Waals surface area contributed by atoms with Gasteiger partial charge in [-0.25, -0.2) is 0 Å². The van der Waals surface area contributed by atoms with Crippen LogP contribution in [0.2, 0.25) is 0 Å². The fourth-order valence-corrected chi connectivity index (χ4v) is 5.59. The highest BCUT2D eigenvalue weighted by atomic mass is 16.5. The molecule has 2 aliphatic heterocycles. The predicted molar refractivity (Wildman–Crippen MR) is 63.7 cm³/mol. The SMILES string of the molecule is CC1(C)C[C@H]2C3=C4COC(=O)[C@@]45C[C@@]5(C)C2O[C@@H]31. The molecule has 2 heterocycles. The molecule has 5 atom stereocenters. The van der Waals surface area contributed by atoms with Gasteiger partial charge < -0.3 is 9.47 Å². The third-order valence-electron chi connectivity index (χ3n) is 6.46. The molecular formula is C15H18O3. The maximum atomic E-state index is 12.2. The van der Waals surface area contributed by atoms with Crippen LogP contribution in [0.4, 0.5) is 0 Å². The molecule has 18 heavy (non-hydrogen) atoms. The molecule has 4 bridgehead atoms. The smallest absolute Gasteiger partial charge is 0.317 e. The number of carbonyl (C=O) groups is 1. The van der Waals surface area contributed by atoms with Crippen LogP contribution in [-0.2, 0) is 14.3 Å². The van der Waals surface area contributed by atoms with Crippen molar-refractivity contribution in [2.75, 3.05) is 6.61 Å². The Hall–Kier alpha value is -0.830. The number of hydrogen-bond acceptors (Lipinski definition) is 3. The number of ether oxygens (including phenoxy) is 2. The Labute approximate surface area is 107 Å². The lowest BCUT2D eigenvalue weighted by Crippen LogP contribution is -2.40. The highest BCUT2D eigenvalue weighted by molar-refractivity contribution is 5.90. The van der Waals surface area contributed by atoms with Crippen LogP contribution in [-0.4, -0.2) is 24.8 Å². The van der Waals surface area contributed by atoms with Gasteiger partial charge in [0.25, 0.3) is 0 Å². The maximum absolute atomic E-state index is 12.2. The van der Waals surface area contributed by atoms with E-state index in [2.05, 4.69) is 20.8 Å². The molecule has 0 radical (unpaired) electrons. The van der Waals surface area contributed by atoms with Gasteiger partial charge in [0, 0.05) is 11.3 Å². The zero-order valence-corrected chi connectivity index (χ0v) is 11.1. The lowest BCUT2D eigenvalue weighted by Gasteiger charge is -2.37. The van der Waals surface area contributed by atoms with Crippen LogP contribution in [0, 0.1) is 22.2 Å². The van der Waals surface area contributed by atoms with Crippen molar-refractivity contribution in [3.05, 3.63) is 11.1 Å². The number of cyclic esters (lactones) is 1. The average Bonchev–Trinajstić information content (AvgIpc) is 2.50. The van der Waals surface area contributed by atoms with Gasteiger partial charge in [-0.3, -0.25) is 4.79 Å². The molecule has 5 rings (SSSR count). The van der Waals surface area contributed by atoms with E-state index < -0.39 is 0 Å². The van der Waals surface area contributed by atoms with Crippen molar-refractivity contribution >= 4 is 5.97 Å². The summed E-state index contributed by atoms with van der Waals surface area (Å²) in [5, 5.41) is 0. The zero-order valence-electron chi connectivity index (χ0n) is 11.1. The number of fused-ring (bicyclic) bond motifs is 1. The molecule has 2 saturated carbocycles. The Balaban J connectivity index is 1.80. The van der Waals surface area contributed by atoms with Gasteiger partial charge in [-0.2, -0.15) is 0 Å². The minimum atomic E-state index is -0.279. The van der Waals surface area contributed by atoms with Crippen molar-refractivity contribution in [2.24, 2.45) is 22.2 Å². The quantitative estimate of drug-likeness (QED) is 0.485. The van der Waals surface area contributed by atoms with Gasteiger partial charge in [-0.05, 0) is 29.4 Å². The summed E-state index contributed by atoms with van der Waals surface area (Å²) in [6.45, 7) is 7.34. The third-order valence-corrected chi connectivity index (χ3v) is 6.46. The summed E-state index contributed by atoms with van der Waals surface area (Å²) >= 11 is 0. The van der Waals surface area contributed by atoms with Crippen molar-refractivity contribution in [1.82, 2.24) is 0 Å². The van der Waals surface area contributed by atoms with Crippen LogP contribution in [0.25, 0.3) is 0 Å². The molecular weight excluding hydrogens is 228 g/mol. The molecule has 0 aromatic rings. The second-order valence-electron chi connectivity index (χ2n) is 7.75. The summed E-state index contributed by atoms with van der Waals surface area (Å²) in [6, 6.07) is 0. The van der Waals surface area contributed by atoms with E-state index in [0.717, 1.165) is 6.42 Å². The molecule has 5 aliphatic rings. The van der Waals surface area contributed by atoms with Crippen LogP contribution in [0.5, 0.6) is 0 Å². The Kier molecular flexibility index (Phi) is 1.28. The van der Waals surface area contributed by atoms with E-state index in [1.807, 2.05) is 0 Å². The Morgan fingerprint density at radius 3 is 2.83 bits per heavy atom. The molecule has 3 heteroatoms. The minimum Gasteiger partial charge on any atom is -0.460 e. The van der Waals surface area contributed by atoms with E-state index in [1.165, 1.54) is 17.6 Å². The van der Waals surface area contributed by atoms with E-state index in [1.54, 1.807) is 0 Å². The lowest BCUT2D eigenvalue weighted by atomic mass is 9.72. The molecule has 1 unspecified atom stereocenters. The standard InChI is InChI=1S/C15H18O3/c1-13(2)4-7-9-8-5-17-12(16)15(8)6-14(15,3)10(7)18-11(9)13/h7,10-11H,4-6H2,1-3H3/t7-,10?,11-,14-,15+/m0/s1. The first-order valence-electron chi connectivity index (χ1n) is 6.98. The maximum Gasteiger partial charge on any atom is 0.317 e. The molecule has 4 fully saturated rings. The van der Waals surface area contributed by atoms with E-state index in [9.17, 15) is 4.79 Å². The number of rotatable bonds is 0. The number of hydrogen-bond donors (Lipinski definition) is 0. The first-order valence-corrected chi connectivity index (χ1v) is 6.98. The van der Waals surface area contributed by atoms with Gasteiger partial charge in [0.1, 0.15) is 12.0 Å². The zero-order chi connectivity index (χ0) is 12.5. The van der Waals surface area contributed by atoms with Gasteiger partial charge in [-0.15, -0.1) is 0 Å². The summed E-state index contributed by atoms with van der Waals surface area (Å²) in [7, 11) is 0. The second-order valence-corrected chi connectivity index (χ2v) is 7.75. The molecule has 0 amide bonds. The van der Waals surface area contributed by atoms with Crippen LogP contribution in [0.3, 0.4) is 0 Å². The summed E-state index contributed by atoms with van der Waals surface area (Å²) in [5.41, 5.74) is 2.73. The lowest BCUT2D eigenvalue weighted by molar-refractivity contribution is -0.146. The van der Waals surface area contributed by atoms with E-state index >= 15 is 0 Å². The van der Waals surface area contributed by atoms with Crippen LogP contribution in [0.1, 0.15) is 33.6 Å². The van der Waals surface area contributed by atoms with Gasteiger partial charge in [0.15, 0.2) is 0 Å². The normalized spacial score (nSPS) is 57.5. The van der Waals surface area contributed by atoms with E-state index in [0.29, 0.717) is 12.5 Å². The molecule has 0 N–H and O–H groups in total. The average molecular weight is 246 g/mol. The van der Waals surface area contributed by atoms with Crippen LogP contribution in [0.15, 0.2) is 11.1 Å². The minimum absolute atomic E-state index is 0.0184. The van der Waals surface area contributed by atoms with Gasteiger partial charge in [-0.1, -0.05) is 20.8 Å². The second kappa shape index (κ2) is 2.31. The first-order chi connectivity index (χ1) is 8.42. The molecule has 3 aliphatic carbocycles. The van der Waals surface area contributed by atoms with Gasteiger partial charge in [0.2, 0.25) is 0 Å². The van der Waals surface area contributed by atoms with Crippen LogP contribution < -0.4 is 0 Å². The highest BCUT2D eigenvalue weighted by Gasteiger charge is 2.84. The van der Waals surface area contributed by atoms with Crippen molar-refractivity contribution in [2.45, 2.75) is 45.8 Å². The van der Waals surface area contributed by atoms with Crippen molar-refractivity contribution in [1.29, 1.82) is 0 Å². The molecule has 0 aromatic heterocycles. The number of esters is 1. The van der Waals surface area contributed by atoms with Gasteiger partial charge >= 0.3 is 5.97 Å². The number of carbonyl (C=O) groups excluding carboxylic acids is 1. The van der Waals surface area contributed by atoms with Crippen molar-refractivity contribution < 1.29 is 14.3 Å². The molecule has 96 valence electrons.